The predicted octanol–water partition coefficient (Wildman–Crippen LogP) is 1.93. The molecule has 0 aliphatic carbocycles. The molecule has 19 heavy (non-hydrogen) atoms. The van der Waals surface area contributed by atoms with Crippen LogP contribution in [-0.4, -0.2) is 42.2 Å². The highest BCUT2D eigenvalue weighted by Gasteiger charge is 2.22. The predicted molar refractivity (Wildman–Crippen MR) is 74.5 cm³/mol. The number of nitrogens with zero attached hydrogens (tertiary/aromatic N) is 1. The van der Waals surface area contributed by atoms with Crippen molar-refractivity contribution in [2.45, 2.75) is 38.0 Å². The molecule has 0 bridgehead atoms. The number of benzene rings is 1. The molecule has 1 aromatic carbocycles. The summed E-state index contributed by atoms with van der Waals surface area (Å²) in [6, 6.07) is 6.50. The van der Waals surface area contributed by atoms with Crippen molar-refractivity contribution in [2.75, 3.05) is 20.1 Å². The Hall–Kier alpha value is -0.970. The van der Waals surface area contributed by atoms with Crippen LogP contribution < -0.4 is 5.32 Å². The molecule has 1 aliphatic heterocycles. The largest absolute Gasteiger partial charge is 0.387 e. The summed E-state index contributed by atoms with van der Waals surface area (Å²) in [5.41, 5.74) is 0.759. The van der Waals surface area contributed by atoms with Crippen molar-refractivity contribution in [2.24, 2.45) is 0 Å². The monoisotopic (exact) mass is 266 g/mol. The molecule has 0 amide bonds. The van der Waals surface area contributed by atoms with E-state index in [-0.39, 0.29) is 11.9 Å². The maximum Gasteiger partial charge on any atom is 0.123 e. The number of hydrogen-bond acceptors (Lipinski definition) is 3. The molecule has 1 aromatic rings. The molecule has 0 aromatic heterocycles. The van der Waals surface area contributed by atoms with Gasteiger partial charge in [0.05, 0.1) is 6.10 Å². The fourth-order valence-corrected chi connectivity index (χ4v) is 2.59. The lowest BCUT2D eigenvalue weighted by Crippen LogP contribution is -2.46. The van der Waals surface area contributed by atoms with E-state index in [4.69, 9.17) is 0 Å². The molecule has 1 aliphatic rings. The topological polar surface area (TPSA) is 35.5 Å². The normalized spacial score (nSPS) is 21.3. The summed E-state index contributed by atoms with van der Waals surface area (Å²) >= 11 is 0. The summed E-state index contributed by atoms with van der Waals surface area (Å²) in [7, 11) is 2.13. The van der Waals surface area contributed by atoms with E-state index in [1.165, 1.54) is 12.1 Å². The zero-order valence-corrected chi connectivity index (χ0v) is 11.6. The Bertz CT molecular complexity index is 388. The molecular formula is C15H23FN2O. The van der Waals surface area contributed by atoms with Gasteiger partial charge in [0.15, 0.2) is 0 Å². The van der Waals surface area contributed by atoms with Crippen LogP contribution in [-0.2, 0) is 0 Å². The van der Waals surface area contributed by atoms with Crippen LogP contribution in [0.1, 0.15) is 31.4 Å². The third kappa shape index (κ3) is 4.00. The number of hydrogen-bond donors (Lipinski definition) is 2. The lowest BCUT2D eigenvalue weighted by molar-refractivity contribution is 0.119. The van der Waals surface area contributed by atoms with Gasteiger partial charge in [0.1, 0.15) is 5.82 Å². The number of rotatable bonds is 4. The van der Waals surface area contributed by atoms with Gasteiger partial charge in [0, 0.05) is 12.1 Å². The first-order valence-corrected chi connectivity index (χ1v) is 6.94. The van der Waals surface area contributed by atoms with Crippen molar-refractivity contribution < 1.29 is 9.50 Å². The third-order valence-corrected chi connectivity index (χ3v) is 3.90. The van der Waals surface area contributed by atoms with E-state index in [9.17, 15) is 9.50 Å². The van der Waals surface area contributed by atoms with Gasteiger partial charge in [-0.15, -0.1) is 0 Å². The molecular weight excluding hydrogens is 243 g/mol. The van der Waals surface area contributed by atoms with Gasteiger partial charge in [-0.1, -0.05) is 12.1 Å². The molecule has 2 unspecified atom stereocenters. The number of aliphatic hydroxyl groups is 1. The molecule has 106 valence electrons. The van der Waals surface area contributed by atoms with E-state index in [2.05, 4.69) is 17.3 Å². The molecule has 2 rings (SSSR count). The molecule has 4 heteroatoms. The number of nitrogens with one attached hydrogen (secondary N) is 1. The molecule has 0 radical (unpaired) electrons. The number of piperidine rings is 1. The molecule has 1 fully saturated rings. The number of likely N-dealkylation sites (tertiary alicyclic amines) is 1. The van der Waals surface area contributed by atoms with Crippen molar-refractivity contribution in [3.63, 3.8) is 0 Å². The van der Waals surface area contributed by atoms with Crippen molar-refractivity contribution in [1.82, 2.24) is 10.2 Å². The van der Waals surface area contributed by atoms with E-state index in [1.54, 1.807) is 12.1 Å². The summed E-state index contributed by atoms with van der Waals surface area (Å²) in [4.78, 5) is 2.32. The second kappa shape index (κ2) is 6.46. The van der Waals surface area contributed by atoms with E-state index in [1.807, 2.05) is 6.92 Å². The van der Waals surface area contributed by atoms with Crippen LogP contribution in [0.3, 0.4) is 0 Å². The highest BCUT2D eigenvalue weighted by atomic mass is 19.1. The van der Waals surface area contributed by atoms with Crippen LogP contribution in [0.15, 0.2) is 24.3 Å². The van der Waals surface area contributed by atoms with Crippen LogP contribution in [0.5, 0.6) is 0 Å². The summed E-state index contributed by atoms with van der Waals surface area (Å²) in [5.74, 6) is -0.271. The van der Waals surface area contributed by atoms with E-state index in [0.717, 1.165) is 31.5 Å². The van der Waals surface area contributed by atoms with Gasteiger partial charge in [-0.05, 0) is 57.6 Å². The highest BCUT2D eigenvalue weighted by Crippen LogP contribution is 2.19. The molecule has 1 heterocycles. The highest BCUT2D eigenvalue weighted by molar-refractivity contribution is 5.19. The summed E-state index contributed by atoms with van der Waals surface area (Å²) in [6.07, 6.45) is 1.62. The quantitative estimate of drug-likeness (QED) is 0.874. The van der Waals surface area contributed by atoms with Gasteiger partial charge in [-0.2, -0.15) is 0 Å². The first-order chi connectivity index (χ1) is 9.06. The second-order valence-corrected chi connectivity index (χ2v) is 5.53. The van der Waals surface area contributed by atoms with Crippen molar-refractivity contribution in [3.05, 3.63) is 35.6 Å². The Kier molecular flexibility index (Phi) is 4.91. The van der Waals surface area contributed by atoms with Crippen LogP contribution in [0.25, 0.3) is 0 Å². The standard InChI is InChI=1S/C15H23FN2O/c1-11(17-14-7-9-18(2)10-8-14)15(19)12-3-5-13(16)6-4-12/h3-6,11,14-15,17,19H,7-10H2,1-2H3. The minimum atomic E-state index is -0.597. The van der Waals surface area contributed by atoms with Crippen molar-refractivity contribution in [1.29, 1.82) is 0 Å². The lowest BCUT2D eigenvalue weighted by atomic mass is 10.00. The second-order valence-electron chi connectivity index (χ2n) is 5.53. The van der Waals surface area contributed by atoms with E-state index in [0.29, 0.717) is 6.04 Å². The van der Waals surface area contributed by atoms with Gasteiger partial charge in [-0.25, -0.2) is 4.39 Å². The summed E-state index contributed by atoms with van der Waals surface area (Å²) in [6.45, 7) is 4.17. The third-order valence-electron chi connectivity index (χ3n) is 3.90. The smallest absolute Gasteiger partial charge is 0.123 e. The SMILES string of the molecule is CC(NC1CCN(C)CC1)C(O)c1ccc(F)cc1. The van der Waals surface area contributed by atoms with Gasteiger partial charge >= 0.3 is 0 Å². The zero-order valence-electron chi connectivity index (χ0n) is 11.6. The van der Waals surface area contributed by atoms with Crippen LogP contribution in [0, 0.1) is 5.82 Å². The van der Waals surface area contributed by atoms with Crippen LogP contribution >= 0.6 is 0 Å². The Morgan fingerprint density at radius 3 is 2.42 bits per heavy atom. The van der Waals surface area contributed by atoms with Crippen molar-refractivity contribution in [3.8, 4) is 0 Å². The maximum atomic E-state index is 12.9. The molecule has 1 saturated heterocycles. The van der Waals surface area contributed by atoms with Crippen molar-refractivity contribution >= 4 is 0 Å². The Morgan fingerprint density at radius 1 is 1.26 bits per heavy atom. The fraction of sp³-hybridized carbons (Fsp3) is 0.600. The molecule has 0 spiro atoms. The minimum absolute atomic E-state index is 0.0288. The average Bonchev–Trinajstić information content (AvgIpc) is 2.41. The average molecular weight is 266 g/mol. The van der Waals surface area contributed by atoms with Gasteiger partial charge < -0.3 is 15.3 Å². The lowest BCUT2D eigenvalue weighted by Gasteiger charge is -2.33. The van der Waals surface area contributed by atoms with Gasteiger partial charge in [0.25, 0.3) is 0 Å². The fourth-order valence-electron chi connectivity index (χ4n) is 2.59. The number of aliphatic hydroxyl groups excluding tert-OH is 1. The maximum absolute atomic E-state index is 12.9. The molecule has 2 atom stereocenters. The van der Waals surface area contributed by atoms with Crippen LogP contribution in [0.4, 0.5) is 4.39 Å². The summed E-state index contributed by atoms with van der Waals surface area (Å²) < 4.78 is 12.9. The molecule has 0 saturated carbocycles. The first kappa shape index (κ1) is 14.4. The summed E-state index contributed by atoms with van der Waals surface area (Å²) in [5, 5.41) is 13.7. The Morgan fingerprint density at radius 2 is 1.84 bits per heavy atom. The minimum Gasteiger partial charge on any atom is -0.387 e. The molecule has 2 N–H and O–H groups in total. The Balaban J connectivity index is 1.88. The Labute approximate surface area is 114 Å². The van der Waals surface area contributed by atoms with E-state index < -0.39 is 6.10 Å². The zero-order chi connectivity index (χ0) is 13.8. The molecule has 3 nitrogen and oxygen atoms in total. The van der Waals surface area contributed by atoms with E-state index >= 15 is 0 Å². The van der Waals surface area contributed by atoms with Gasteiger partial charge in [0.2, 0.25) is 0 Å². The van der Waals surface area contributed by atoms with Gasteiger partial charge in [-0.3, -0.25) is 0 Å². The number of halogens is 1. The van der Waals surface area contributed by atoms with Crippen LogP contribution in [0.2, 0.25) is 0 Å². The first-order valence-electron chi connectivity index (χ1n) is 6.94.